The fraction of sp³-hybridized carbons (Fsp3) is 0.0909. The molecule has 0 aliphatic carbocycles. The minimum Gasteiger partial charge on any atom is -0.549 e. The summed E-state index contributed by atoms with van der Waals surface area (Å²) in [6, 6.07) is 20.6. The van der Waals surface area contributed by atoms with Crippen molar-refractivity contribution in [1.82, 2.24) is 9.97 Å². The molecule has 1 radical (unpaired) electrons. The van der Waals surface area contributed by atoms with E-state index in [1.807, 2.05) is 12.1 Å². The number of aromatic nitrogens is 2. The molecule has 4 rings (SSSR count). The molecular weight excluding hydrogens is 484 g/mol. The summed E-state index contributed by atoms with van der Waals surface area (Å²) in [6.45, 7) is 0. The van der Waals surface area contributed by atoms with Gasteiger partial charge in [0.1, 0.15) is 0 Å². The second kappa shape index (κ2) is 16.2. The van der Waals surface area contributed by atoms with Gasteiger partial charge in [-0.15, -0.1) is 0 Å². The number of rotatable bonds is 4. The molecule has 0 atom stereocenters. The molecule has 2 heterocycles. The predicted octanol–water partition coefficient (Wildman–Crippen LogP) is -2.27. The maximum absolute atomic E-state index is 10.4. The zero-order valence-electron chi connectivity index (χ0n) is 17.2. The van der Waals surface area contributed by atoms with E-state index in [9.17, 15) is 19.8 Å². The van der Waals surface area contributed by atoms with Crippen molar-refractivity contribution < 1.29 is 58.8 Å². The number of aliphatic carboxylic acids is 2. The van der Waals surface area contributed by atoms with E-state index in [1.165, 1.54) is 0 Å². The van der Waals surface area contributed by atoms with Crippen LogP contribution in [0.1, 0.15) is 5.56 Å². The fourth-order valence-corrected chi connectivity index (χ4v) is 2.79. The molecule has 10 nitrogen and oxygen atoms in total. The van der Waals surface area contributed by atoms with Crippen LogP contribution in [0.25, 0.3) is 21.8 Å². The monoisotopic (exact) mass is 508 g/mol. The first kappa shape index (κ1) is 34.2. The van der Waals surface area contributed by atoms with Gasteiger partial charge in [-0.05, 0) is 24.1 Å². The van der Waals surface area contributed by atoms with Crippen molar-refractivity contribution in [2.75, 3.05) is 0 Å². The Kier molecular flexibility index (Phi) is 16.8. The topological polar surface area (TPSA) is 234 Å². The zero-order valence-corrected chi connectivity index (χ0v) is 18.1. The average molecular weight is 509 g/mol. The Morgan fingerprint density at radius 2 is 1.12 bits per heavy atom. The number of pyridine rings is 2. The molecule has 0 unspecified atom stereocenters. The zero-order chi connectivity index (χ0) is 19.9. The molecule has 181 valence electrons. The van der Waals surface area contributed by atoms with E-state index in [2.05, 4.69) is 34.2 Å². The Morgan fingerprint density at radius 3 is 1.52 bits per heavy atom. The molecule has 33 heavy (non-hydrogen) atoms. The Morgan fingerprint density at radius 1 is 0.697 bits per heavy atom. The number of hydrogen-bond acceptors (Lipinski definition) is 6. The quantitative estimate of drug-likeness (QED) is 0.127. The SMILES string of the molecule is O.O.O.O=C([O-])C(Cc1ccccc1)C(=O)[O-].[Cu+2].[OH3+].c1cnc2c(c1)ccc1cccnc12. The second-order valence-corrected chi connectivity index (χ2v) is 6.10. The van der Waals surface area contributed by atoms with E-state index >= 15 is 0 Å². The van der Waals surface area contributed by atoms with Gasteiger partial charge in [0, 0.05) is 29.1 Å². The fourth-order valence-electron chi connectivity index (χ4n) is 2.79. The minimum atomic E-state index is -1.62. The van der Waals surface area contributed by atoms with Crippen LogP contribution in [0.5, 0.6) is 0 Å². The number of nitrogens with zero attached hydrogens (tertiary/aromatic N) is 2. The molecule has 11 heteroatoms. The van der Waals surface area contributed by atoms with Crippen LogP contribution in [0.2, 0.25) is 0 Å². The van der Waals surface area contributed by atoms with Crippen molar-refractivity contribution in [3.63, 3.8) is 0 Å². The first-order chi connectivity index (χ1) is 13.6. The Bertz CT molecular complexity index is 1060. The maximum Gasteiger partial charge on any atom is 2.00 e. The van der Waals surface area contributed by atoms with E-state index in [1.54, 1.807) is 42.7 Å². The summed E-state index contributed by atoms with van der Waals surface area (Å²) in [5.74, 6) is -4.82. The third-order valence-corrected chi connectivity index (χ3v) is 4.20. The van der Waals surface area contributed by atoms with Gasteiger partial charge in [-0.3, -0.25) is 9.97 Å². The number of carbonyl (C=O) groups is 2. The molecule has 9 N–H and O–H groups in total. The predicted molar refractivity (Wildman–Crippen MR) is 116 cm³/mol. The van der Waals surface area contributed by atoms with Crippen molar-refractivity contribution in [2.24, 2.45) is 5.92 Å². The van der Waals surface area contributed by atoms with Gasteiger partial charge < -0.3 is 41.7 Å². The Labute approximate surface area is 199 Å². The molecule has 0 aliphatic rings. The molecule has 0 saturated heterocycles. The molecule has 2 aromatic carbocycles. The van der Waals surface area contributed by atoms with E-state index in [0.29, 0.717) is 5.56 Å². The number of fused-ring (bicyclic) bond motifs is 3. The van der Waals surface area contributed by atoms with Crippen molar-refractivity contribution >= 4 is 33.7 Å². The Balaban J connectivity index is -0.000000474. The number of carboxylic acid groups (broad SMARTS) is 2. The molecular formula is C22H25CuN2O8+. The summed E-state index contributed by atoms with van der Waals surface area (Å²) in [5, 5.41) is 23.1. The maximum atomic E-state index is 10.4. The van der Waals surface area contributed by atoms with Crippen LogP contribution in [0, 0.1) is 5.92 Å². The van der Waals surface area contributed by atoms with Gasteiger partial charge in [-0.2, -0.15) is 0 Å². The van der Waals surface area contributed by atoms with Crippen molar-refractivity contribution in [3.05, 3.63) is 84.7 Å². The largest absolute Gasteiger partial charge is 2.00 e. The first-order valence-corrected chi connectivity index (χ1v) is 8.60. The van der Waals surface area contributed by atoms with Gasteiger partial charge in [0.15, 0.2) is 0 Å². The molecule has 0 amide bonds. The van der Waals surface area contributed by atoms with E-state index in [0.717, 1.165) is 21.8 Å². The average Bonchev–Trinajstić information content (AvgIpc) is 2.73. The molecule has 0 fully saturated rings. The summed E-state index contributed by atoms with van der Waals surface area (Å²) < 4.78 is 0. The molecule has 0 aliphatic heterocycles. The van der Waals surface area contributed by atoms with Gasteiger partial charge in [-0.25, -0.2) is 0 Å². The number of hydrogen-bond donors (Lipinski definition) is 0. The van der Waals surface area contributed by atoms with Gasteiger partial charge in [0.25, 0.3) is 0 Å². The van der Waals surface area contributed by atoms with Crippen LogP contribution < -0.4 is 10.2 Å². The summed E-state index contributed by atoms with van der Waals surface area (Å²) >= 11 is 0. The van der Waals surface area contributed by atoms with E-state index in [-0.39, 0.29) is 45.4 Å². The van der Waals surface area contributed by atoms with Crippen LogP contribution in [0.3, 0.4) is 0 Å². The summed E-state index contributed by atoms with van der Waals surface area (Å²) in [6.07, 6.45) is 3.50. The molecule has 0 spiro atoms. The van der Waals surface area contributed by atoms with Gasteiger partial charge in [-0.1, -0.05) is 54.6 Å². The third kappa shape index (κ3) is 8.91. The standard InChI is InChI=1S/C12H8N2.C10H10O4.Cu.4H2O/c1-3-9-5-6-10-4-2-8-14-12(10)11(9)13-7-1;11-9(12)8(10(13)14)6-7-4-2-1-3-5-7;;;;;/h1-8H;1-5,8H,6H2,(H,11,12)(H,13,14);;4*1H2/q;;+2;;;;/p-1. The summed E-state index contributed by atoms with van der Waals surface area (Å²) in [4.78, 5) is 29.5. The van der Waals surface area contributed by atoms with Crippen LogP contribution >= 0.6 is 0 Å². The number of benzene rings is 2. The summed E-state index contributed by atoms with van der Waals surface area (Å²) in [5.41, 5.74) is 2.59. The minimum absolute atomic E-state index is 0. The third-order valence-electron chi connectivity index (χ3n) is 4.20. The Hall–Kier alpha value is -3.44. The van der Waals surface area contributed by atoms with Crippen LogP contribution in [-0.2, 0) is 38.6 Å². The molecule has 0 bridgehead atoms. The smallest absolute Gasteiger partial charge is 0.549 e. The normalized spacial score (nSPS) is 8.88. The van der Waals surface area contributed by atoms with Gasteiger partial charge in [0.05, 0.1) is 23.0 Å². The first-order valence-electron chi connectivity index (χ1n) is 8.60. The van der Waals surface area contributed by atoms with Crippen molar-refractivity contribution in [2.45, 2.75) is 6.42 Å². The van der Waals surface area contributed by atoms with Crippen LogP contribution in [-0.4, -0.2) is 38.3 Å². The van der Waals surface area contributed by atoms with Crippen LogP contribution in [0.4, 0.5) is 0 Å². The van der Waals surface area contributed by atoms with E-state index in [4.69, 9.17) is 0 Å². The molecule has 0 saturated carbocycles. The van der Waals surface area contributed by atoms with Crippen molar-refractivity contribution in [1.29, 1.82) is 0 Å². The molecule has 4 aromatic rings. The van der Waals surface area contributed by atoms with Crippen molar-refractivity contribution in [3.8, 4) is 0 Å². The van der Waals surface area contributed by atoms with E-state index < -0.39 is 17.9 Å². The van der Waals surface area contributed by atoms with Gasteiger partial charge >= 0.3 is 17.1 Å². The van der Waals surface area contributed by atoms with Gasteiger partial charge in [0.2, 0.25) is 0 Å². The molecule has 2 aromatic heterocycles. The number of carboxylic acids is 2. The number of carbonyl (C=O) groups excluding carboxylic acids is 2. The summed E-state index contributed by atoms with van der Waals surface area (Å²) in [7, 11) is 0. The second-order valence-electron chi connectivity index (χ2n) is 6.10. The van der Waals surface area contributed by atoms with Crippen LogP contribution in [0.15, 0.2) is 79.1 Å².